The van der Waals surface area contributed by atoms with E-state index in [2.05, 4.69) is 10.1 Å². The van der Waals surface area contributed by atoms with Crippen LogP contribution in [0.5, 0.6) is 0 Å². The lowest BCUT2D eigenvalue weighted by Gasteiger charge is -2.06. The molecular formula is C11H8F3N3O. The molecule has 2 aromatic rings. The topological polar surface area (TPSA) is 47.8 Å². The molecule has 0 amide bonds. The highest BCUT2D eigenvalue weighted by Crippen LogP contribution is 2.28. The highest BCUT2D eigenvalue weighted by molar-refractivity contribution is 6.06. The van der Waals surface area contributed by atoms with Gasteiger partial charge in [0, 0.05) is 19.4 Å². The Labute approximate surface area is 100 Å². The summed E-state index contributed by atoms with van der Waals surface area (Å²) in [5.74, 6) is -0.469. The molecule has 0 bridgehead atoms. The van der Waals surface area contributed by atoms with Crippen LogP contribution in [0.2, 0.25) is 0 Å². The molecule has 0 N–H and O–H groups in total. The number of aromatic nitrogens is 3. The smallest absolute Gasteiger partial charge is 0.285 e. The SMILES string of the molecule is Cn1nccc1C(=O)c1ccc(C(F)(F)F)cn1. The third-order valence-corrected chi connectivity index (χ3v) is 2.38. The third-order valence-electron chi connectivity index (χ3n) is 2.38. The van der Waals surface area contributed by atoms with Gasteiger partial charge in [-0.1, -0.05) is 0 Å². The van der Waals surface area contributed by atoms with Gasteiger partial charge in [0.15, 0.2) is 0 Å². The zero-order valence-corrected chi connectivity index (χ0v) is 9.27. The van der Waals surface area contributed by atoms with Crippen molar-refractivity contribution in [3.8, 4) is 0 Å². The van der Waals surface area contributed by atoms with Crippen LogP contribution in [0.4, 0.5) is 13.2 Å². The summed E-state index contributed by atoms with van der Waals surface area (Å²) in [5, 5.41) is 3.81. The Morgan fingerprint density at radius 3 is 2.44 bits per heavy atom. The van der Waals surface area contributed by atoms with E-state index in [4.69, 9.17) is 0 Å². The van der Waals surface area contributed by atoms with E-state index in [1.165, 1.54) is 16.9 Å². The van der Waals surface area contributed by atoms with Crippen molar-refractivity contribution in [2.45, 2.75) is 6.18 Å². The van der Waals surface area contributed by atoms with Crippen LogP contribution in [0.25, 0.3) is 0 Å². The largest absolute Gasteiger partial charge is 0.417 e. The average molecular weight is 255 g/mol. The molecule has 4 nitrogen and oxygen atoms in total. The minimum Gasteiger partial charge on any atom is -0.285 e. The van der Waals surface area contributed by atoms with Gasteiger partial charge >= 0.3 is 6.18 Å². The van der Waals surface area contributed by atoms with Gasteiger partial charge in [-0.05, 0) is 18.2 Å². The van der Waals surface area contributed by atoms with E-state index in [0.717, 1.165) is 12.1 Å². The molecule has 0 aliphatic heterocycles. The van der Waals surface area contributed by atoms with E-state index in [-0.39, 0.29) is 11.4 Å². The number of carbonyl (C=O) groups is 1. The summed E-state index contributed by atoms with van der Waals surface area (Å²) >= 11 is 0. The highest BCUT2D eigenvalue weighted by Gasteiger charge is 2.31. The van der Waals surface area contributed by atoms with Crippen molar-refractivity contribution in [2.24, 2.45) is 7.05 Å². The summed E-state index contributed by atoms with van der Waals surface area (Å²) in [5.41, 5.74) is -0.669. The van der Waals surface area contributed by atoms with Crippen LogP contribution in [0.15, 0.2) is 30.6 Å². The lowest BCUT2D eigenvalue weighted by Crippen LogP contribution is -2.11. The maximum Gasteiger partial charge on any atom is 0.417 e. The first-order valence-corrected chi connectivity index (χ1v) is 4.95. The molecule has 0 spiro atoms. The lowest BCUT2D eigenvalue weighted by molar-refractivity contribution is -0.137. The number of aryl methyl sites for hydroxylation is 1. The molecule has 2 rings (SSSR count). The van der Waals surface area contributed by atoms with Gasteiger partial charge in [-0.3, -0.25) is 14.5 Å². The summed E-state index contributed by atoms with van der Waals surface area (Å²) in [6.07, 6.45) is -2.39. The van der Waals surface area contributed by atoms with Gasteiger partial charge in [0.25, 0.3) is 0 Å². The minimum atomic E-state index is -4.46. The van der Waals surface area contributed by atoms with Crippen molar-refractivity contribution in [1.82, 2.24) is 14.8 Å². The number of alkyl halides is 3. The van der Waals surface area contributed by atoms with Crippen LogP contribution in [0.3, 0.4) is 0 Å². The van der Waals surface area contributed by atoms with Crippen molar-refractivity contribution < 1.29 is 18.0 Å². The summed E-state index contributed by atoms with van der Waals surface area (Å²) in [4.78, 5) is 15.4. The van der Waals surface area contributed by atoms with E-state index in [9.17, 15) is 18.0 Å². The molecule has 0 atom stereocenters. The molecule has 7 heteroatoms. The number of hydrogen-bond acceptors (Lipinski definition) is 3. The zero-order valence-electron chi connectivity index (χ0n) is 9.27. The summed E-state index contributed by atoms with van der Waals surface area (Å²) in [6, 6.07) is 3.36. The van der Waals surface area contributed by atoms with Gasteiger partial charge < -0.3 is 0 Å². The lowest BCUT2D eigenvalue weighted by atomic mass is 10.1. The van der Waals surface area contributed by atoms with Crippen LogP contribution in [0.1, 0.15) is 21.7 Å². The molecule has 0 aromatic carbocycles. The molecule has 0 aliphatic carbocycles. The maximum atomic E-state index is 12.3. The van der Waals surface area contributed by atoms with Gasteiger partial charge in [-0.2, -0.15) is 18.3 Å². The van der Waals surface area contributed by atoms with Crippen molar-refractivity contribution in [3.05, 3.63) is 47.5 Å². The predicted octanol–water partition coefficient (Wildman–Crippen LogP) is 2.06. The van der Waals surface area contributed by atoms with Gasteiger partial charge in [-0.25, -0.2) is 0 Å². The van der Waals surface area contributed by atoms with E-state index in [1.807, 2.05) is 0 Å². The predicted molar refractivity (Wildman–Crippen MR) is 55.9 cm³/mol. The van der Waals surface area contributed by atoms with Crippen LogP contribution in [-0.2, 0) is 13.2 Å². The van der Waals surface area contributed by atoms with Crippen molar-refractivity contribution in [3.63, 3.8) is 0 Å². The van der Waals surface area contributed by atoms with E-state index in [0.29, 0.717) is 6.20 Å². The van der Waals surface area contributed by atoms with Crippen LogP contribution < -0.4 is 0 Å². The molecule has 0 saturated carbocycles. The molecule has 0 fully saturated rings. The number of pyridine rings is 1. The molecule has 0 saturated heterocycles. The van der Waals surface area contributed by atoms with E-state index >= 15 is 0 Å². The second kappa shape index (κ2) is 4.25. The Hall–Kier alpha value is -2.18. The quantitative estimate of drug-likeness (QED) is 0.772. The summed E-state index contributed by atoms with van der Waals surface area (Å²) in [6.45, 7) is 0. The normalized spacial score (nSPS) is 11.6. The van der Waals surface area contributed by atoms with Crippen molar-refractivity contribution in [2.75, 3.05) is 0 Å². The number of rotatable bonds is 2. The van der Waals surface area contributed by atoms with Crippen molar-refractivity contribution >= 4 is 5.78 Å². The molecular weight excluding hydrogens is 247 g/mol. The Morgan fingerprint density at radius 2 is 2.00 bits per heavy atom. The zero-order chi connectivity index (χ0) is 13.3. The standard InChI is InChI=1S/C11H8F3N3O/c1-17-9(4-5-16-17)10(18)8-3-2-7(6-15-8)11(12,13)14/h2-6H,1H3. The maximum absolute atomic E-state index is 12.3. The first-order chi connectivity index (χ1) is 8.39. The Kier molecular flexibility index (Phi) is 2.90. The monoisotopic (exact) mass is 255 g/mol. The van der Waals surface area contributed by atoms with Gasteiger partial charge in [0.1, 0.15) is 11.4 Å². The molecule has 94 valence electrons. The summed E-state index contributed by atoms with van der Waals surface area (Å²) < 4.78 is 38.3. The fourth-order valence-corrected chi connectivity index (χ4v) is 1.42. The Morgan fingerprint density at radius 1 is 1.28 bits per heavy atom. The molecule has 0 unspecified atom stereocenters. The summed E-state index contributed by atoms with van der Waals surface area (Å²) in [7, 11) is 1.57. The van der Waals surface area contributed by atoms with Gasteiger partial charge in [0.2, 0.25) is 5.78 Å². The Bertz CT molecular complexity index is 572. The number of hydrogen-bond donors (Lipinski definition) is 0. The number of halogens is 3. The van der Waals surface area contributed by atoms with Crippen LogP contribution in [-0.4, -0.2) is 20.5 Å². The fourth-order valence-electron chi connectivity index (χ4n) is 1.42. The van der Waals surface area contributed by atoms with Crippen LogP contribution >= 0.6 is 0 Å². The highest BCUT2D eigenvalue weighted by atomic mass is 19.4. The first-order valence-electron chi connectivity index (χ1n) is 4.95. The van der Waals surface area contributed by atoms with E-state index in [1.54, 1.807) is 7.05 Å². The van der Waals surface area contributed by atoms with Crippen molar-refractivity contribution in [1.29, 1.82) is 0 Å². The molecule has 2 heterocycles. The Balaban J connectivity index is 2.31. The molecule has 2 aromatic heterocycles. The van der Waals surface area contributed by atoms with Gasteiger partial charge in [0.05, 0.1) is 5.56 Å². The van der Waals surface area contributed by atoms with E-state index < -0.39 is 17.5 Å². The third kappa shape index (κ3) is 2.24. The molecule has 18 heavy (non-hydrogen) atoms. The first kappa shape index (κ1) is 12.3. The second-order valence-corrected chi connectivity index (χ2v) is 3.60. The fraction of sp³-hybridized carbons (Fsp3) is 0.182. The second-order valence-electron chi connectivity index (χ2n) is 3.60. The average Bonchev–Trinajstić information content (AvgIpc) is 2.73. The number of carbonyl (C=O) groups excluding carboxylic acids is 1. The number of nitrogens with zero attached hydrogens (tertiary/aromatic N) is 3. The molecule has 0 aliphatic rings. The van der Waals surface area contributed by atoms with Gasteiger partial charge in [-0.15, -0.1) is 0 Å². The van der Waals surface area contributed by atoms with Crippen LogP contribution in [0, 0.1) is 0 Å². The number of ketones is 1. The molecule has 0 radical (unpaired) electrons. The minimum absolute atomic E-state index is 0.0494.